The highest BCUT2D eigenvalue weighted by molar-refractivity contribution is 5.95. The van der Waals surface area contributed by atoms with Gasteiger partial charge in [0, 0.05) is 5.54 Å². The van der Waals surface area contributed by atoms with Crippen molar-refractivity contribution < 1.29 is 27.2 Å². The number of primary amides is 1. The topological polar surface area (TPSA) is 72.2 Å². The van der Waals surface area contributed by atoms with Crippen molar-refractivity contribution in [1.82, 2.24) is 5.32 Å². The number of rotatable bonds is 3. The van der Waals surface area contributed by atoms with Crippen LogP contribution in [0.4, 0.5) is 17.6 Å². The predicted molar refractivity (Wildman–Crippen MR) is 87.9 cm³/mol. The highest BCUT2D eigenvalue weighted by Crippen LogP contribution is 2.61. The Morgan fingerprint density at radius 1 is 1.11 bits per heavy atom. The van der Waals surface area contributed by atoms with Gasteiger partial charge in [-0.3, -0.25) is 9.59 Å². The van der Waals surface area contributed by atoms with Crippen LogP contribution in [0, 0.1) is 23.1 Å². The van der Waals surface area contributed by atoms with E-state index in [1.807, 2.05) is 0 Å². The molecule has 0 spiro atoms. The summed E-state index contributed by atoms with van der Waals surface area (Å²) in [6.07, 6.45) is -0.880. The van der Waals surface area contributed by atoms with Gasteiger partial charge in [-0.05, 0) is 62.5 Å². The van der Waals surface area contributed by atoms with Gasteiger partial charge in [0.2, 0.25) is 5.91 Å². The van der Waals surface area contributed by atoms with Crippen LogP contribution in [0.15, 0.2) is 18.2 Å². The largest absolute Gasteiger partial charge is 0.419 e. The molecule has 0 heterocycles. The average Bonchev–Trinajstić information content (AvgIpc) is 2.51. The van der Waals surface area contributed by atoms with E-state index in [9.17, 15) is 27.2 Å². The van der Waals surface area contributed by atoms with Crippen molar-refractivity contribution in [3.8, 4) is 0 Å². The Labute approximate surface area is 153 Å². The Bertz CT molecular complexity index is 806. The molecular weight excluding hydrogens is 364 g/mol. The lowest BCUT2D eigenvalue weighted by atomic mass is 9.46. The lowest BCUT2D eigenvalue weighted by molar-refractivity contribution is -0.146. The third-order valence-corrected chi connectivity index (χ3v) is 6.51. The maximum absolute atomic E-state index is 14.3. The Morgan fingerprint density at radius 2 is 1.74 bits per heavy atom. The standard InChI is InChI=1S/C19H20F4N2O2/c20-14-12(2-1-3-13(14)19(21,22)23)15(26)25-18-7-10-4-11(8-18)6-17(5-10,9-18)16(24)27/h1-3,10-11H,4-9H2,(H2,24,27)(H,25,26). The van der Waals surface area contributed by atoms with Gasteiger partial charge in [-0.15, -0.1) is 0 Å². The summed E-state index contributed by atoms with van der Waals surface area (Å²) < 4.78 is 53.1. The van der Waals surface area contributed by atoms with Crippen molar-refractivity contribution in [1.29, 1.82) is 0 Å². The molecular formula is C19H20F4N2O2. The highest BCUT2D eigenvalue weighted by Gasteiger charge is 2.60. The first-order chi connectivity index (χ1) is 12.5. The first kappa shape index (κ1) is 18.3. The lowest BCUT2D eigenvalue weighted by Gasteiger charge is -2.61. The van der Waals surface area contributed by atoms with Crippen molar-refractivity contribution in [3.05, 3.63) is 35.1 Å². The zero-order valence-corrected chi connectivity index (χ0v) is 14.5. The third kappa shape index (κ3) is 2.89. The second-order valence-electron chi connectivity index (χ2n) is 8.50. The van der Waals surface area contributed by atoms with Crippen LogP contribution in [0.25, 0.3) is 0 Å². The lowest BCUT2D eigenvalue weighted by Crippen LogP contribution is -2.65. The minimum atomic E-state index is -4.88. The highest BCUT2D eigenvalue weighted by atomic mass is 19.4. The zero-order valence-electron chi connectivity index (χ0n) is 14.5. The van der Waals surface area contributed by atoms with Gasteiger partial charge < -0.3 is 11.1 Å². The van der Waals surface area contributed by atoms with Crippen LogP contribution in [0.2, 0.25) is 0 Å². The van der Waals surface area contributed by atoms with Crippen molar-refractivity contribution in [3.63, 3.8) is 0 Å². The number of carbonyl (C=O) groups is 2. The van der Waals surface area contributed by atoms with Crippen LogP contribution in [0.3, 0.4) is 0 Å². The van der Waals surface area contributed by atoms with Gasteiger partial charge in [-0.2, -0.15) is 13.2 Å². The Hall–Kier alpha value is -2.12. The van der Waals surface area contributed by atoms with Crippen LogP contribution >= 0.6 is 0 Å². The molecule has 4 aliphatic rings. The molecule has 2 unspecified atom stereocenters. The van der Waals surface area contributed by atoms with Gasteiger partial charge in [0.1, 0.15) is 5.82 Å². The predicted octanol–water partition coefficient (Wildman–Crippen LogP) is 3.40. The smallest absolute Gasteiger partial charge is 0.369 e. The van der Waals surface area contributed by atoms with Crippen LogP contribution in [0.1, 0.15) is 54.4 Å². The summed E-state index contributed by atoms with van der Waals surface area (Å²) in [5.41, 5.74) is 2.16. The van der Waals surface area contributed by atoms with Gasteiger partial charge in [-0.1, -0.05) is 6.07 Å². The molecule has 0 aromatic heterocycles. The Balaban J connectivity index is 1.63. The SMILES string of the molecule is NC(=O)C12CC3CC(CC(NC(=O)c4cccc(C(F)(F)F)c4F)(C3)C1)C2. The summed E-state index contributed by atoms with van der Waals surface area (Å²) >= 11 is 0. The average molecular weight is 384 g/mol. The number of alkyl halides is 3. The molecule has 1 aromatic carbocycles. The molecule has 4 aliphatic carbocycles. The molecule has 3 N–H and O–H groups in total. The summed E-state index contributed by atoms with van der Waals surface area (Å²) in [5.74, 6) is -2.35. The fourth-order valence-corrected chi connectivity index (χ4v) is 5.93. The number of nitrogens with two attached hydrogens (primary N) is 1. The molecule has 5 rings (SSSR count). The van der Waals surface area contributed by atoms with E-state index in [0.717, 1.165) is 18.6 Å². The first-order valence-corrected chi connectivity index (χ1v) is 9.02. The number of nitrogens with one attached hydrogen (secondary N) is 1. The molecule has 4 nitrogen and oxygen atoms in total. The van der Waals surface area contributed by atoms with Gasteiger partial charge >= 0.3 is 6.18 Å². The molecule has 146 valence electrons. The number of amides is 2. The monoisotopic (exact) mass is 384 g/mol. The fraction of sp³-hybridized carbons (Fsp3) is 0.579. The minimum absolute atomic E-state index is 0.241. The molecule has 2 atom stereocenters. The Morgan fingerprint density at radius 3 is 2.30 bits per heavy atom. The first-order valence-electron chi connectivity index (χ1n) is 9.02. The number of hydrogen-bond acceptors (Lipinski definition) is 2. The van der Waals surface area contributed by atoms with Crippen LogP contribution in [-0.2, 0) is 11.0 Å². The van der Waals surface area contributed by atoms with Crippen LogP contribution in [0.5, 0.6) is 0 Å². The van der Waals surface area contributed by atoms with E-state index in [0.29, 0.717) is 38.2 Å². The van der Waals surface area contributed by atoms with E-state index >= 15 is 0 Å². The van der Waals surface area contributed by atoms with Crippen molar-refractivity contribution in [2.45, 2.75) is 50.2 Å². The molecule has 1 aromatic rings. The molecule has 2 amide bonds. The number of carbonyl (C=O) groups excluding carboxylic acids is 2. The third-order valence-electron chi connectivity index (χ3n) is 6.51. The van der Waals surface area contributed by atoms with E-state index in [1.54, 1.807) is 0 Å². The normalized spacial score (nSPS) is 34.5. The van der Waals surface area contributed by atoms with Crippen molar-refractivity contribution in [2.75, 3.05) is 0 Å². The molecule has 4 saturated carbocycles. The molecule has 8 heteroatoms. The van der Waals surface area contributed by atoms with E-state index in [4.69, 9.17) is 5.73 Å². The summed E-state index contributed by atoms with van der Waals surface area (Å²) in [7, 11) is 0. The fourth-order valence-electron chi connectivity index (χ4n) is 5.93. The number of hydrogen-bond donors (Lipinski definition) is 2. The summed E-state index contributed by atoms with van der Waals surface area (Å²) in [4.78, 5) is 24.8. The summed E-state index contributed by atoms with van der Waals surface area (Å²) in [6, 6.07) is 2.68. The van der Waals surface area contributed by atoms with Gasteiger partial charge in [-0.25, -0.2) is 4.39 Å². The number of halogens is 4. The molecule has 0 radical (unpaired) electrons. The molecule has 27 heavy (non-hydrogen) atoms. The zero-order chi connectivity index (χ0) is 19.6. The van der Waals surface area contributed by atoms with Crippen LogP contribution < -0.4 is 11.1 Å². The second kappa shape index (κ2) is 5.69. The van der Waals surface area contributed by atoms with Gasteiger partial charge in [0.15, 0.2) is 0 Å². The Kier molecular flexibility index (Phi) is 3.85. The molecule has 0 saturated heterocycles. The van der Waals surface area contributed by atoms with Crippen molar-refractivity contribution >= 4 is 11.8 Å². The number of benzene rings is 1. The summed E-state index contributed by atoms with van der Waals surface area (Å²) in [5, 5.41) is 2.79. The van der Waals surface area contributed by atoms with Crippen LogP contribution in [-0.4, -0.2) is 17.4 Å². The second-order valence-corrected chi connectivity index (χ2v) is 8.50. The van der Waals surface area contributed by atoms with Gasteiger partial charge in [0.25, 0.3) is 5.91 Å². The molecule has 4 bridgehead atoms. The van der Waals surface area contributed by atoms with Gasteiger partial charge in [0.05, 0.1) is 16.5 Å². The van der Waals surface area contributed by atoms with Crippen molar-refractivity contribution in [2.24, 2.45) is 23.0 Å². The van der Waals surface area contributed by atoms with E-state index in [-0.39, 0.29) is 17.7 Å². The minimum Gasteiger partial charge on any atom is -0.369 e. The summed E-state index contributed by atoms with van der Waals surface area (Å²) in [6.45, 7) is 0. The quantitative estimate of drug-likeness (QED) is 0.784. The van der Waals surface area contributed by atoms with E-state index in [2.05, 4.69) is 5.32 Å². The van der Waals surface area contributed by atoms with E-state index < -0.39 is 40.0 Å². The van der Waals surface area contributed by atoms with E-state index in [1.165, 1.54) is 0 Å². The maximum atomic E-state index is 14.3. The molecule has 0 aliphatic heterocycles. The molecule has 4 fully saturated rings. The maximum Gasteiger partial charge on any atom is 0.419 e.